The van der Waals surface area contributed by atoms with Gasteiger partial charge in [0.2, 0.25) is 0 Å². The molecule has 6 heteroatoms. The molecule has 3 N–H and O–H groups in total. The molecule has 0 aromatic heterocycles. The molecule has 1 aliphatic heterocycles. The van der Waals surface area contributed by atoms with Gasteiger partial charge in [0.1, 0.15) is 20.1 Å². The molecule has 0 bridgehead atoms. The van der Waals surface area contributed by atoms with Gasteiger partial charge in [0.25, 0.3) is 0 Å². The molecule has 1 rings (SSSR count). The third kappa shape index (κ3) is 1.53. The summed E-state index contributed by atoms with van der Waals surface area (Å²) >= 11 is 0. The lowest BCUT2D eigenvalue weighted by atomic mass is 9.93. The van der Waals surface area contributed by atoms with Crippen molar-refractivity contribution in [3.05, 3.63) is 0 Å². The van der Waals surface area contributed by atoms with Crippen molar-refractivity contribution in [2.45, 2.75) is 24.3 Å². The maximum absolute atomic E-state index is 13.0. The van der Waals surface area contributed by atoms with Gasteiger partial charge in [-0.2, -0.15) is 5.48 Å². The Balaban J connectivity index is 2.57. The van der Waals surface area contributed by atoms with E-state index in [0.29, 0.717) is 0 Å². The number of nitrogens with one attached hydrogen (secondary N) is 1. The second kappa shape index (κ2) is 3.49. The number of hydrogen-bond acceptors (Lipinski definition) is 4. The van der Waals surface area contributed by atoms with Gasteiger partial charge in [0.15, 0.2) is 0 Å². The van der Waals surface area contributed by atoms with Crippen molar-refractivity contribution in [3.8, 4) is 0 Å². The van der Waals surface area contributed by atoms with Crippen LogP contribution in [-0.2, 0) is 4.74 Å². The molecule has 0 aliphatic carbocycles. The second-order valence-corrected chi connectivity index (χ2v) is 2.66. The second-order valence-electron chi connectivity index (χ2n) is 2.66. The van der Waals surface area contributed by atoms with Crippen LogP contribution in [0.3, 0.4) is 0 Å². The van der Waals surface area contributed by atoms with Gasteiger partial charge in [0.05, 0.1) is 18.7 Å². The van der Waals surface area contributed by atoms with Gasteiger partial charge in [-0.25, -0.2) is 4.39 Å². The van der Waals surface area contributed by atoms with Gasteiger partial charge in [-0.15, -0.1) is 0 Å². The Bertz CT molecular complexity index is 139. The average Bonchev–Trinajstić information content (AvgIpc) is 2.28. The Morgan fingerprint density at radius 1 is 1.64 bits per heavy atom. The zero-order valence-corrected chi connectivity index (χ0v) is 6.20. The fraction of sp³-hybridized carbons (Fsp3) is 1.00. The van der Waals surface area contributed by atoms with E-state index in [1.54, 1.807) is 13.3 Å². The normalized spacial score (nSPS) is 44.6. The van der Waals surface area contributed by atoms with Crippen molar-refractivity contribution < 1.29 is 19.4 Å². The van der Waals surface area contributed by atoms with Gasteiger partial charge < -0.3 is 15.1 Å². The minimum Gasteiger partial charge on any atom is -0.394 e. The Hall–Kier alpha value is -0.165. The number of aliphatic hydroxyl groups is 1. The van der Waals surface area contributed by atoms with E-state index < -0.39 is 24.3 Å². The van der Waals surface area contributed by atoms with Crippen LogP contribution >= 0.6 is 0 Å². The molecule has 4 atom stereocenters. The highest BCUT2D eigenvalue weighted by Crippen LogP contribution is 2.21. The van der Waals surface area contributed by atoms with Crippen molar-refractivity contribution >= 4 is 7.85 Å². The number of hydroxylamine groups is 1. The summed E-state index contributed by atoms with van der Waals surface area (Å²) in [7, 11) is 1.56. The lowest BCUT2D eigenvalue weighted by molar-refractivity contribution is 0.00871. The molecule has 1 heterocycles. The molecule has 4 nitrogen and oxygen atoms in total. The van der Waals surface area contributed by atoms with E-state index in [1.807, 2.05) is 0 Å². The largest absolute Gasteiger partial charge is 0.394 e. The van der Waals surface area contributed by atoms with Gasteiger partial charge >= 0.3 is 0 Å². The van der Waals surface area contributed by atoms with Crippen molar-refractivity contribution in [1.82, 2.24) is 5.48 Å². The van der Waals surface area contributed by atoms with Gasteiger partial charge in [-0.1, -0.05) is 0 Å². The molecule has 0 saturated carbocycles. The molecule has 1 aliphatic rings. The number of aliphatic hydroxyl groups excluding tert-OH is 1. The molecule has 64 valence electrons. The minimum atomic E-state index is -1.27. The van der Waals surface area contributed by atoms with Crippen LogP contribution in [0.4, 0.5) is 4.39 Å². The van der Waals surface area contributed by atoms with E-state index in [0.717, 1.165) is 0 Å². The molecule has 1 saturated heterocycles. The fourth-order valence-electron chi connectivity index (χ4n) is 1.24. The lowest BCUT2D eigenvalue weighted by Gasteiger charge is -2.14. The van der Waals surface area contributed by atoms with Crippen LogP contribution in [0.2, 0.25) is 0 Å². The Morgan fingerprint density at radius 3 is 2.64 bits per heavy atom. The molecule has 0 aromatic rings. The van der Waals surface area contributed by atoms with Crippen LogP contribution in [0.1, 0.15) is 0 Å². The predicted octanol–water partition coefficient (Wildman–Crippen LogP) is -1.98. The molecule has 0 unspecified atom stereocenters. The van der Waals surface area contributed by atoms with Gasteiger partial charge in [-0.3, -0.25) is 0 Å². The SMILES string of the molecule is B[C@@H]1O[C@H](CO)[C@@H](NO)[C@H]1F. The summed E-state index contributed by atoms with van der Waals surface area (Å²) in [5.74, 6) is 0. The van der Waals surface area contributed by atoms with Crippen molar-refractivity contribution in [3.63, 3.8) is 0 Å². The van der Waals surface area contributed by atoms with Crippen LogP contribution in [0.5, 0.6) is 0 Å². The summed E-state index contributed by atoms with van der Waals surface area (Å²) < 4.78 is 17.9. The highest BCUT2D eigenvalue weighted by molar-refractivity contribution is 6.11. The van der Waals surface area contributed by atoms with Gasteiger partial charge in [-0.05, 0) is 0 Å². The van der Waals surface area contributed by atoms with Gasteiger partial charge in [0, 0.05) is 0 Å². The van der Waals surface area contributed by atoms with Crippen LogP contribution in [0, 0.1) is 0 Å². The van der Waals surface area contributed by atoms with E-state index in [2.05, 4.69) is 0 Å². The Kier molecular flexibility index (Phi) is 2.83. The molecule has 0 spiro atoms. The summed E-state index contributed by atoms with van der Waals surface area (Å²) in [6, 6.07) is -1.38. The maximum Gasteiger partial charge on any atom is 0.143 e. The summed E-state index contributed by atoms with van der Waals surface area (Å²) in [5, 5.41) is 17.1. The third-order valence-electron chi connectivity index (χ3n) is 1.91. The lowest BCUT2D eigenvalue weighted by Crippen LogP contribution is -2.42. The summed E-state index contributed by atoms with van der Waals surface area (Å²) in [5.41, 5.74) is 1.79. The first kappa shape index (κ1) is 8.93. The molecular weight excluding hydrogens is 152 g/mol. The quantitative estimate of drug-likeness (QED) is 0.326. The molecule has 1 fully saturated rings. The molecule has 0 amide bonds. The standard InChI is InChI=1S/C5H11BFNO3/c6-5-3(7)4(8-10)2(1-9)11-5/h2-5,8-10H,1,6H2/t2-,3-,4-,5-/m1/s1. The van der Waals surface area contributed by atoms with E-state index >= 15 is 0 Å². The summed E-state index contributed by atoms with van der Waals surface area (Å²) in [6.07, 6.45) is -1.91. The number of alkyl halides is 1. The van der Waals surface area contributed by atoms with Crippen molar-refractivity contribution in [2.24, 2.45) is 0 Å². The van der Waals surface area contributed by atoms with E-state index in [-0.39, 0.29) is 6.61 Å². The zero-order chi connectivity index (χ0) is 8.43. The summed E-state index contributed by atoms with van der Waals surface area (Å²) in [6.45, 7) is -0.289. The Morgan fingerprint density at radius 2 is 2.27 bits per heavy atom. The van der Waals surface area contributed by atoms with Crippen LogP contribution < -0.4 is 5.48 Å². The highest BCUT2D eigenvalue weighted by Gasteiger charge is 2.41. The van der Waals surface area contributed by atoms with Crippen LogP contribution in [0.25, 0.3) is 0 Å². The molecular formula is C5H11BFNO3. The summed E-state index contributed by atoms with van der Waals surface area (Å²) in [4.78, 5) is 0. The minimum absolute atomic E-state index is 0.289. The number of rotatable bonds is 2. The van der Waals surface area contributed by atoms with Crippen molar-refractivity contribution in [1.29, 1.82) is 0 Å². The number of halogens is 1. The van der Waals surface area contributed by atoms with Crippen LogP contribution in [-0.4, -0.2) is 49.1 Å². The van der Waals surface area contributed by atoms with E-state index in [1.165, 1.54) is 0 Å². The molecule has 0 radical (unpaired) electrons. The smallest absolute Gasteiger partial charge is 0.143 e. The first-order chi connectivity index (χ1) is 5.20. The maximum atomic E-state index is 13.0. The number of ether oxygens (including phenoxy) is 1. The average molecular weight is 163 g/mol. The highest BCUT2D eigenvalue weighted by atomic mass is 19.1. The van der Waals surface area contributed by atoms with E-state index in [4.69, 9.17) is 15.1 Å². The Labute approximate surface area is 64.7 Å². The predicted molar refractivity (Wildman–Crippen MR) is 37.9 cm³/mol. The first-order valence-corrected chi connectivity index (χ1v) is 3.50. The molecule has 0 aromatic carbocycles. The zero-order valence-electron chi connectivity index (χ0n) is 6.20. The first-order valence-electron chi connectivity index (χ1n) is 3.50. The topological polar surface area (TPSA) is 61.7 Å². The third-order valence-corrected chi connectivity index (χ3v) is 1.91. The monoisotopic (exact) mass is 163 g/mol. The number of hydrogen-bond donors (Lipinski definition) is 3. The van der Waals surface area contributed by atoms with E-state index in [9.17, 15) is 4.39 Å². The van der Waals surface area contributed by atoms with Crippen LogP contribution in [0.15, 0.2) is 0 Å². The van der Waals surface area contributed by atoms with Crippen molar-refractivity contribution in [2.75, 3.05) is 6.61 Å². The molecule has 11 heavy (non-hydrogen) atoms. The fourth-order valence-corrected chi connectivity index (χ4v) is 1.24.